The van der Waals surface area contributed by atoms with Gasteiger partial charge in [-0.3, -0.25) is 9.59 Å². The van der Waals surface area contributed by atoms with Gasteiger partial charge in [0.2, 0.25) is 0 Å². The summed E-state index contributed by atoms with van der Waals surface area (Å²) in [5, 5.41) is 54.9. The summed E-state index contributed by atoms with van der Waals surface area (Å²) >= 11 is 0. The number of carbonyl (C=O) groups is 3. The minimum absolute atomic E-state index is 0.144. The largest absolute Gasteiger partial charge is 0.459 e. The molecule has 0 saturated carbocycles. The van der Waals surface area contributed by atoms with E-state index in [2.05, 4.69) is 19.9 Å². The second-order valence-corrected chi connectivity index (χ2v) is 17.6. The van der Waals surface area contributed by atoms with Gasteiger partial charge < -0.3 is 39.7 Å². The number of hydrogen-bond acceptors (Lipinski definition) is 11. The molecule has 2 fully saturated rings. The Labute approximate surface area is 329 Å². The van der Waals surface area contributed by atoms with Gasteiger partial charge in [0, 0.05) is 48.5 Å². The average molecular weight is 777 g/mol. The summed E-state index contributed by atoms with van der Waals surface area (Å²) in [6, 6.07) is 0. The Balaban J connectivity index is 1.95. The van der Waals surface area contributed by atoms with Crippen LogP contribution in [-0.2, 0) is 28.6 Å². The van der Waals surface area contributed by atoms with Crippen molar-refractivity contribution in [2.75, 3.05) is 0 Å². The number of aliphatic hydroxyl groups is 5. The van der Waals surface area contributed by atoms with E-state index < -0.39 is 89.0 Å². The lowest BCUT2D eigenvalue weighted by atomic mass is 9.75. The number of ketones is 2. The molecule has 11 nitrogen and oxygen atoms in total. The van der Waals surface area contributed by atoms with E-state index in [0.29, 0.717) is 32.1 Å². The number of aliphatic hydroxyl groups excluding tert-OH is 4. The van der Waals surface area contributed by atoms with Gasteiger partial charge in [0.1, 0.15) is 17.5 Å². The number of rotatable bonds is 3. The van der Waals surface area contributed by atoms with Crippen LogP contribution in [0.25, 0.3) is 0 Å². The molecule has 0 radical (unpaired) electrons. The van der Waals surface area contributed by atoms with Crippen molar-refractivity contribution < 1.29 is 54.1 Å². The lowest BCUT2D eigenvalue weighted by Crippen LogP contribution is -2.57. The van der Waals surface area contributed by atoms with Crippen LogP contribution in [0.5, 0.6) is 0 Å². The Kier molecular flexibility index (Phi) is 17.5. The normalized spacial score (nSPS) is 46.1. The van der Waals surface area contributed by atoms with Gasteiger partial charge in [0.05, 0.1) is 36.6 Å². The first kappa shape index (κ1) is 47.1. The van der Waals surface area contributed by atoms with Crippen LogP contribution >= 0.6 is 0 Å². The number of hydrogen-bond donors (Lipinski definition) is 5. The molecular formula is C44H72O11. The molecule has 0 amide bonds. The molecule has 3 rings (SSSR count). The lowest BCUT2D eigenvalue weighted by Gasteiger charge is -2.52. The average Bonchev–Trinajstić information content (AvgIpc) is 3.14. The van der Waals surface area contributed by atoms with Crippen molar-refractivity contribution in [3.8, 4) is 0 Å². The number of fused-ring (bicyclic) bond motifs is 2. The fraction of sp³-hybridized carbons (Fsp3) is 0.795. The standard InChI is InChI=1S/C44H72O11/c1-11-33-16-14-12-13-15-27(4)41(50)43(10,52)42(51)32(9)40(49)31(8)39(48)30(7)38(47)26(3)17-20-37(46)53-36-24-44(54-34(19-18-33)29(36)6)22-21-25(2)35(55-44)23-28(5)45/h12-14,16-17,20,25-36,38,40-41,45,47,49-50,52H,11,15,18-19,21-24H2,1-10H3/b13-12+,16-14+,20-17+/t25-,26-,27+,28?,29+,30+,31-,32-,33-,34-,35-,36-,38+,40+,41-,43+,44-/m1/s1. The molecular weight excluding hydrogens is 704 g/mol. The molecule has 314 valence electrons. The van der Waals surface area contributed by atoms with Crippen LogP contribution in [-0.4, -0.2) is 97.2 Å². The monoisotopic (exact) mass is 777 g/mol. The first-order chi connectivity index (χ1) is 25.6. The van der Waals surface area contributed by atoms with Gasteiger partial charge in [-0.05, 0) is 70.1 Å². The second-order valence-electron chi connectivity index (χ2n) is 17.6. The highest BCUT2D eigenvalue weighted by atomic mass is 16.7. The molecule has 3 heterocycles. The van der Waals surface area contributed by atoms with Crippen molar-refractivity contribution in [3.63, 3.8) is 0 Å². The third-order valence-corrected chi connectivity index (χ3v) is 12.9. The van der Waals surface area contributed by atoms with Crippen LogP contribution in [0.3, 0.4) is 0 Å². The van der Waals surface area contributed by atoms with E-state index in [1.807, 2.05) is 25.2 Å². The molecule has 1 spiro atoms. The lowest BCUT2D eigenvalue weighted by molar-refractivity contribution is -0.347. The molecule has 3 aliphatic rings. The minimum Gasteiger partial charge on any atom is -0.459 e. The zero-order valence-corrected chi connectivity index (χ0v) is 35.0. The van der Waals surface area contributed by atoms with E-state index >= 15 is 0 Å². The Morgan fingerprint density at radius 1 is 0.836 bits per heavy atom. The molecule has 11 heteroatoms. The van der Waals surface area contributed by atoms with E-state index in [1.165, 1.54) is 39.8 Å². The molecule has 17 atom stereocenters. The second kappa shape index (κ2) is 20.4. The minimum atomic E-state index is -2.18. The van der Waals surface area contributed by atoms with Crippen molar-refractivity contribution in [3.05, 3.63) is 36.5 Å². The number of allylic oxidation sites excluding steroid dienone is 4. The molecule has 0 aliphatic carbocycles. The Morgan fingerprint density at radius 2 is 1.49 bits per heavy atom. The van der Waals surface area contributed by atoms with Gasteiger partial charge in [-0.15, -0.1) is 0 Å². The third-order valence-electron chi connectivity index (χ3n) is 12.9. The highest BCUT2D eigenvalue weighted by Crippen LogP contribution is 2.46. The van der Waals surface area contributed by atoms with Gasteiger partial charge in [0.25, 0.3) is 0 Å². The van der Waals surface area contributed by atoms with Crippen molar-refractivity contribution in [1.29, 1.82) is 0 Å². The van der Waals surface area contributed by atoms with Crippen LogP contribution in [0.4, 0.5) is 0 Å². The van der Waals surface area contributed by atoms with Crippen LogP contribution < -0.4 is 0 Å². The Bertz CT molecular complexity index is 1350. The highest BCUT2D eigenvalue weighted by molar-refractivity contribution is 5.91. The summed E-state index contributed by atoms with van der Waals surface area (Å²) in [5.74, 6) is -6.86. The quantitative estimate of drug-likeness (QED) is 0.224. The maximum absolute atomic E-state index is 13.5. The van der Waals surface area contributed by atoms with Crippen molar-refractivity contribution in [2.45, 2.75) is 175 Å². The van der Waals surface area contributed by atoms with E-state index in [-0.39, 0.29) is 30.0 Å². The van der Waals surface area contributed by atoms with Crippen molar-refractivity contribution in [1.82, 2.24) is 0 Å². The summed E-state index contributed by atoms with van der Waals surface area (Å²) in [6.07, 6.45) is 10.1. The molecule has 0 aromatic heterocycles. The zero-order chi connectivity index (χ0) is 41.4. The number of Topliss-reactive ketones (excluding diaryl/α,β-unsaturated/α-hetero) is 2. The van der Waals surface area contributed by atoms with Crippen LogP contribution in [0.15, 0.2) is 36.5 Å². The highest BCUT2D eigenvalue weighted by Gasteiger charge is 2.51. The predicted octanol–water partition coefficient (Wildman–Crippen LogP) is 5.64. The topological polar surface area (TPSA) is 180 Å². The maximum Gasteiger partial charge on any atom is 0.330 e. The van der Waals surface area contributed by atoms with Gasteiger partial charge in [-0.2, -0.15) is 0 Å². The maximum atomic E-state index is 13.5. The number of esters is 1. The summed E-state index contributed by atoms with van der Waals surface area (Å²) in [7, 11) is 0. The summed E-state index contributed by atoms with van der Waals surface area (Å²) < 4.78 is 19.7. The molecule has 2 bridgehead atoms. The van der Waals surface area contributed by atoms with E-state index in [1.54, 1.807) is 20.8 Å². The van der Waals surface area contributed by atoms with E-state index in [0.717, 1.165) is 19.3 Å². The molecule has 55 heavy (non-hydrogen) atoms. The first-order valence-corrected chi connectivity index (χ1v) is 20.8. The zero-order valence-electron chi connectivity index (χ0n) is 35.0. The predicted molar refractivity (Wildman–Crippen MR) is 210 cm³/mol. The van der Waals surface area contributed by atoms with Gasteiger partial charge in [0.15, 0.2) is 11.6 Å². The van der Waals surface area contributed by atoms with Gasteiger partial charge >= 0.3 is 5.97 Å². The molecule has 5 N–H and O–H groups in total. The van der Waals surface area contributed by atoms with Crippen molar-refractivity contribution in [2.24, 2.45) is 47.3 Å². The van der Waals surface area contributed by atoms with Crippen LogP contribution in [0.1, 0.15) is 121 Å². The summed E-state index contributed by atoms with van der Waals surface area (Å²) in [5.41, 5.74) is -2.18. The van der Waals surface area contributed by atoms with Crippen LogP contribution in [0.2, 0.25) is 0 Å². The number of ether oxygens (including phenoxy) is 3. The fourth-order valence-corrected chi connectivity index (χ4v) is 8.60. The van der Waals surface area contributed by atoms with Crippen LogP contribution in [0, 0.1) is 47.3 Å². The molecule has 0 aromatic rings. The molecule has 0 aromatic carbocycles. The smallest absolute Gasteiger partial charge is 0.330 e. The van der Waals surface area contributed by atoms with Gasteiger partial charge in [-0.1, -0.05) is 85.8 Å². The summed E-state index contributed by atoms with van der Waals surface area (Å²) in [6.45, 7) is 17.1. The van der Waals surface area contributed by atoms with Crippen molar-refractivity contribution >= 4 is 17.5 Å². The molecule has 2 saturated heterocycles. The fourth-order valence-electron chi connectivity index (χ4n) is 8.60. The van der Waals surface area contributed by atoms with E-state index in [9.17, 15) is 39.9 Å². The number of carbonyl (C=O) groups excluding carboxylic acids is 3. The van der Waals surface area contributed by atoms with E-state index in [4.69, 9.17) is 14.2 Å². The third kappa shape index (κ3) is 12.1. The summed E-state index contributed by atoms with van der Waals surface area (Å²) in [4.78, 5) is 40.3. The Hall–Kier alpha value is -2.25. The first-order valence-electron chi connectivity index (χ1n) is 20.8. The molecule has 3 aliphatic heterocycles. The Morgan fingerprint density at radius 3 is 2.13 bits per heavy atom. The molecule has 1 unspecified atom stereocenters. The SMILES string of the molecule is CC[C@@H]1/C=C/C=C/C[C@H](C)[C@@H](O)[C@](C)(O)C(=O)[C@H](C)[C@@H](O)[C@H](C)C(=O)[C@@H](C)[C@@H](O)[C@H](C)/C=C/C(=O)O[C@@H]2C[C@]3(CC[C@@H](C)[C@@H](CC(C)O)O3)O[C@H](CC1)[C@@H]2C. The van der Waals surface area contributed by atoms with Gasteiger partial charge in [-0.25, -0.2) is 4.79 Å².